The Hall–Kier alpha value is -0.670. The van der Waals surface area contributed by atoms with Crippen LogP contribution in [0.5, 0.6) is 0 Å². The second-order valence-electron chi connectivity index (χ2n) is 7.27. The number of aliphatic imine (C=N–C) groups is 1. The van der Waals surface area contributed by atoms with Crippen molar-refractivity contribution in [1.82, 2.24) is 10.2 Å². The van der Waals surface area contributed by atoms with Crippen molar-refractivity contribution in [3.8, 4) is 0 Å². The van der Waals surface area contributed by atoms with Gasteiger partial charge in [0.05, 0.1) is 12.2 Å². The van der Waals surface area contributed by atoms with E-state index in [0.29, 0.717) is 29.7 Å². The van der Waals surface area contributed by atoms with Gasteiger partial charge in [-0.3, -0.25) is 15.2 Å². The van der Waals surface area contributed by atoms with Gasteiger partial charge in [-0.05, 0) is 51.6 Å². The number of hydrogen-bond donors (Lipinski definition) is 1. The van der Waals surface area contributed by atoms with E-state index in [0.717, 1.165) is 5.92 Å². The molecule has 2 saturated carbocycles. The minimum absolute atomic E-state index is 0.383. The Bertz CT molecular complexity index is 438. The Morgan fingerprint density at radius 3 is 2.85 bits per heavy atom. The monoisotopic (exact) mass is 273 g/mol. The molecule has 20 heavy (non-hydrogen) atoms. The van der Waals surface area contributed by atoms with Crippen LogP contribution in [0.25, 0.3) is 0 Å². The summed E-state index contributed by atoms with van der Waals surface area (Å²) < 4.78 is 0. The summed E-state index contributed by atoms with van der Waals surface area (Å²) in [5.74, 6) is 1.48. The SMILES string of the molecule is C[C@@H]1NC2C3C=CC=NC3CCC2(C2CCCC2)N1C. The van der Waals surface area contributed by atoms with Gasteiger partial charge in [-0.25, -0.2) is 0 Å². The van der Waals surface area contributed by atoms with E-state index >= 15 is 0 Å². The summed E-state index contributed by atoms with van der Waals surface area (Å²) in [6.45, 7) is 2.33. The first-order valence-electron chi connectivity index (χ1n) is 8.42. The van der Waals surface area contributed by atoms with E-state index in [9.17, 15) is 0 Å². The molecule has 3 fully saturated rings. The van der Waals surface area contributed by atoms with E-state index in [4.69, 9.17) is 4.99 Å². The van der Waals surface area contributed by atoms with Gasteiger partial charge >= 0.3 is 0 Å². The van der Waals surface area contributed by atoms with Crippen molar-refractivity contribution in [3.63, 3.8) is 0 Å². The van der Waals surface area contributed by atoms with Crippen LogP contribution >= 0.6 is 0 Å². The van der Waals surface area contributed by atoms with Gasteiger partial charge in [0, 0.05) is 23.7 Å². The highest BCUT2D eigenvalue weighted by Gasteiger charge is 2.59. The van der Waals surface area contributed by atoms with Gasteiger partial charge in [0.25, 0.3) is 0 Å². The average molecular weight is 273 g/mol. The highest BCUT2D eigenvalue weighted by atomic mass is 15.4. The predicted octanol–water partition coefficient (Wildman–Crippen LogP) is 2.58. The summed E-state index contributed by atoms with van der Waals surface area (Å²) >= 11 is 0. The molecule has 4 unspecified atom stereocenters. The summed E-state index contributed by atoms with van der Waals surface area (Å²) in [7, 11) is 2.35. The van der Waals surface area contributed by atoms with Gasteiger partial charge < -0.3 is 0 Å². The molecule has 1 saturated heterocycles. The lowest BCUT2D eigenvalue weighted by molar-refractivity contribution is 0.0199. The lowest BCUT2D eigenvalue weighted by atomic mass is 9.63. The van der Waals surface area contributed by atoms with Gasteiger partial charge in [-0.1, -0.05) is 18.9 Å². The normalized spacial score (nSPS) is 48.5. The van der Waals surface area contributed by atoms with Crippen LogP contribution in [0.2, 0.25) is 0 Å². The number of nitrogens with zero attached hydrogens (tertiary/aromatic N) is 2. The number of allylic oxidation sites excluding steroid dienone is 1. The van der Waals surface area contributed by atoms with Gasteiger partial charge in [0.15, 0.2) is 0 Å². The van der Waals surface area contributed by atoms with Crippen LogP contribution in [0.1, 0.15) is 45.4 Å². The zero-order valence-corrected chi connectivity index (χ0v) is 12.8. The van der Waals surface area contributed by atoms with Crippen molar-refractivity contribution in [2.24, 2.45) is 16.8 Å². The summed E-state index contributed by atoms with van der Waals surface area (Å²) in [6, 6.07) is 1.11. The van der Waals surface area contributed by atoms with Crippen LogP contribution in [0, 0.1) is 11.8 Å². The maximum atomic E-state index is 4.75. The Balaban J connectivity index is 1.73. The molecular weight excluding hydrogens is 246 g/mol. The molecule has 3 nitrogen and oxygen atoms in total. The van der Waals surface area contributed by atoms with Crippen LogP contribution < -0.4 is 5.32 Å². The summed E-state index contributed by atoms with van der Waals surface area (Å²) in [6.07, 6.45) is 15.4. The van der Waals surface area contributed by atoms with Crippen molar-refractivity contribution < 1.29 is 0 Å². The third kappa shape index (κ3) is 1.62. The Labute approximate surface area is 122 Å². The van der Waals surface area contributed by atoms with Gasteiger partial charge in [0.1, 0.15) is 0 Å². The summed E-state index contributed by atoms with van der Waals surface area (Å²) in [4.78, 5) is 7.43. The number of rotatable bonds is 1. The number of likely N-dealkylation sites (N-methyl/N-ethyl adjacent to an activating group) is 1. The molecule has 3 heteroatoms. The number of fused-ring (bicyclic) bond motifs is 3. The second kappa shape index (κ2) is 4.67. The highest BCUT2D eigenvalue weighted by molar-refractivity contribution is 5.72. The molecule has 0 radical (unpaired) electrons. The largest absolute Gasteiger partial charge is 0.297 e. The lowest BCUT2D eigenvalue weighted by Crippen LogP contribution is -2.62. The lowest BCUT2D eigenvalue weighted by Gasteiger charge is -2.52. The number of nitrogens with one attached hydrogen (secondary N) is 1. The van der Waals surface area contributed by atoms with Crippen LogP contribution in [-0.4, -0.2) is 42.0 Å². The van der Waals surface area contributed by atoms with E-state index in [1.54, 1.807) is 0 Å². The number of hydrogen-bond acceptors (Lipinski definition) is 3. The quantitative estimate of drug-likeness (QED) is 0.795. The molecule has 0 aromatic rings. The topological polar surface area (TPSA) is 27.6 Å². The minimum atomic E-state index is 0.383. The molecule has 1 N–H and O–H groups in total. The first-order chi connectivity index (χ1) is 9.73. The molecule has 2 aliphatic heterocycles. The molecule has 0 spiro atoms. The molecule has 4 rings (SSSR count). The van der Waals surface area contributed by atoms with Crippen LogP contribution in [0.4, 0.5) is 0 Å². The average Bonchev–Trinajstić information content (AvgIpc) is 3.08. The maximum Gasteiger partial charge on any atom is 0.0578 e. The first-order valence-corrected chi connectivity index (χ1v) is 8.42. The molecule has 5 atom stereocenters. The van der Waals surface area contributed by atoms with Crippen LogP contribution in [0.15, 0.2) is 17.1 Å². The third-order valence-corrected chi connectivity index (χ3v) is 6.63. The fraction of sp³-hybridized carbons (Fsp3) is 0.824. The molecule has 2 aliphatic carbocycles. The fourth-order valence-corrected chi connectivity index (χ4v) is 5.59. The molecule has 4 aliphatic rings. The van der Waals surface area contributed by atoms with E-state index < -0.39 is 0 Å². The minimum Gasteiger partial charge on any atom is -0.297 e. The van der Waals surface area contributed by atoms with E-state index in [1.807, 2.05) is 6.21 Å². The van der Waals surface area contributed by atoms with Crippen molar-refractivity contribution in [3.05, 3.63) is 12.2 Å². The van der Waals surface area contributed by atoms with Gasteiger partial charge in [0.2, 0.25) is 0 Å². The third-order valence-electron chi connectivity index (χ3n) is 6.63. The molecular formula is C17H27N3. The first kappa shape index (κ1) is 13.0. The van der Waals surface area contributed by atoms with Crippen molar-refractivity contribution in [1.29, 1.82) is 0 Å². The van der Waals surface area contributed by atoms with Crippen molar-refractivity contribution >= 4 is 6.21 Å². The zero-order valence-electron chi connectivity index (χ0n) is 12.8. The molecule has 0 bridgehead atoms. The fourth-order valence-electron chi connectivity index (χ4n) is 5.59. The Kier molecular flexibility index (Phi) is 3.04. The molecule has 0 aromatic heterocycles. The van der Waals surface area contributed by atoms with Gasteiger partial charge in [-0.15, -0.1) is 0 Å². The Morgan fingerprint density at radius 2 is 2.05 bits per heavy atom. The van der Waals surface area contributed by atoms with E-state index in [-0.39, 0.29) is 0 Å². The molecule has 2 heterocycles. The highest BCUT2D eigenvalue weighted by Crippen LogP contribution is 2.51. The molecule has 0 amide bonds. The van der Waals surface area contributed by atoms with E-state index in [2.05, 4.69) is 36.3 Å². The van der Waals surface area contributed by atoms with E-state index in [1.165, 1.54) is 38.5 Å². The predicted molar refractivity (Wildman–Crippen MR) is 83.0 cm³/mol. The number of dihydropyridines is 1. The molecule has 0 aromatic carbocycles. The van der Waals surface area contributed by atoms with Crippen molar-refractivity contribution in [2.45, 2.75) is 69.2 Å². The second-order valence-corrected chi connectivity index (χ2v) is 7.27. The molecule has 110 valence electrons. The summed E-state index contributed by atoms with van der Waals surface area (Å²) in [5, 5.41) is 3.92. The van der Waals surface area contributed by atoms with Gasteiger partial charge in [-0.2, -0.15) is 0 Å². The standard InChI is InChI=1S/C17H27N3/c1-12-19-16-14-8-5-11-18-15(14)9-10-17(16,20(12)2)13-6-3-4-7-13/h5,8,11-16,19H,3-4,6-7,9-10H2,1-2H3/t12-,14?,15?,16?,17?/m1/s1. The van der Waals surface area contributed by atoms with Crippen molar-refractivity contribution in [2.75, 3.05) is 7.05 Å². The zero-order chi connectivity index (χ0) is 13.7. The smallest absolute Gasteiger partial charge is 0.0578 e. The van der Waals surface area contributed by atoms with Crippen LogP contribution in [0.3, 0.4) is 0 Å². The van der Waals surface area contributed by atoms with Crippen LogP contribution in [-0.2, 0) is 0 Å². The summed E-state index contributed by atoms with van der Waals surface area (Å²) in [5.41, 5.74) is 0.383. The maximum absolute atomic E-state index is 4.75. The Morgan fingerprint density at radius 1 is 1.25 bits per heavy atom.